The molecule has 4 nitrogen and oxygen atoms in total. The van der Waals surface area contributed by atoms with Crippen LogP contribution in [0.3, 0.4) is 0 Å². The van der Waals surface area contributed by atoms with Gasteiger partial charge in [-0.1, -0.05) is 19.9 Å². The van der Waals surface area contributed by atoms with Crippen molar-refractivity contribution < 1.29 is 14.2 Å². The van der Waals surface area contributed by atoms with Crippen molar-refractivity contribution in [2.45, 2.75) is 32.4 Å². The van der Waals surface area contributed by atoms with E-state index in [1.165, 1.54) is 0 Å². The highest BCUT2D eigenvalue weighted by Crippen LogP contribution is 2.38. The molecule has 2 rings (SSSR count). The maximum Gasteiger partial charge on any atom is 0.161 e. The predicted octanol–water partition coefficient (Wildman–Crippen LogP) is 2.78. The first-order valence-corrected chi connectivity index (χ1v) is 7.22. The number of methoxy groups -OCH3 is 2. The van der Waals surface area contributed by atoms with Crippen LogP contribution >= 0.6 is 0 Å². The Bertz CT molecular complexity index is 434. The fourth-order valence-corrected chi connectivity index (χ4v) is 2.63. The zero-order valence-electron chi connectivity index (χ0n) is 12.8. The van der Waals surface area contributed by atoms with Crippen molar-refractivity contribution in [1.82, 2.24) is 5.32 Å². The van der Waals surface area contributed by atoms with Gasteiger partial charge in [0.2, 0.25) is 0 Å². The number of benzene rings is 1. The maximum atomic E-state index is 5.92. The van der Waals surface area contributed by atoms with Crippen LogP contribution in [0.25, 0.3) is 0 Å². The van der Waals surface area contributed by atoms with E-state index in [0.29, 0.717) is 12.0 Å². The van der Waals surface area contributed by atoms with Crippen molar-refractivity contribution in [3.8, 4) is 11.5 Å². The zero-order valence-corrected chi connectivity index (χ0v) is 12.8. The molecule has 1 heterocycles. The van der Waals surface area contributed by atoms with E-state index in [4.69, 9.17) is 14.2 Å². The van der Waals surface area contributed by atoms with Gasteiger partial charge < -0.3 is 19.5 Å². The molecule has 0 aromatic heterocycles. The van der Waals surface area contributed by atoms with Crippen LogP contribution in [0.5, 0.6) is 11.5 Å². The van der Waals surface area contributed by atoms with Gasteiger partial charge in [0.05, 0.1) is 20.3 Å². The van der Waals surface area contributed by atoms with Crippen LogP contribution in [-0.4, -0.2) is 33.4 Å². The standard InChI is InChI=1S/C16H25NO3/c1-11(2)17-10-13-7-8-20-16(13)12-5-6-14(18-3)15(9-12)19-4/h5-6,9,11,13,16-17H,7-8,10H2,1-4H3. The maximum absolute atomic E-state index is 5.92. The highest BCUT2D eigenvalue weighted by atomic mass is 16.5. The van der Waals surface area contributed by atoms with Crippen LogP contribution in [0, 0.1) is 5.92 Å². The summed E-state index contributed by atoms with van der Waals surface area (Å²) in [4.78, 5) is 0. The Morgan fingerprint density at radius 2 is 2.00 bits per heavy atom. The molecule has 1 fully saturated rings. The van der Waals surface area contributed by atoms with Crippen LogP contribution in [-0.2, 0) is 4.74 Å². The van der Waals surface area contributed by atoms with Crippen LogP contribution in [0.4, 0.5) is 0 Å². The fourth-order valence-electron chi connectivity index (χ4n) is 2.63. The lowest BCUT2D eigenvalue weighted by molar-refractivity contribution is 0.0898. The normalized spacial score (nSPS) is 22.2. The third-order valence-corrected chi connectivity index (χ3v) is 3.74. The first-order chi connectivity index (χ1) is 9.65. The Balaban J connectivity index is 2.13. The number of rotatable bonds is 6. The summed E-state index contributed by atoms with van der Waals surface area (Å²) < 4.78 is 16.6. The van der Waals surface area contributed by atoms with Gasteiger partial charge in [0, 0.05) is 25.1 Å². The lowest BCUT2D eigenvalue weighted by Crippen LogP contribution is -2.30. The zero-order chi connectivity index (χ0) is 14.5. The highest BCUT2D eigenvalue weighted by Gasteiger charge is 2.30. The summed E-state index contributed by atoms with van der Waals surface area (Å²) in [5.74, 6) is 2.03. The van der Waals surface area contributed by atoms with Crippen LogP contribution in [0.2, 0.25) is 0 Å². The highest BCUT2D eigenvalue weighted by molar-refractivity contribution is 5.43. The predicted molar refractivity (Wildman–Crippen MR) is 79.5 cm³/mol. The van der Waals surface area contributed by atoms with Gasteiger partial charge in [-0.2, -0.15) is 0 Å². The van der Waals surface area contributed by atoms with E-state index in [-0.39, 0.29) is 6.10 Å². The van der Waals surface area contributed by atoms with Crippen LogP contribution in [0.15, 0.2) is 18.2 Å². The van der Waals surface area contributed by atoms with Crippen molar-refractivity contribution in [1.29, 1.82) is 0 Å². The lowest BCUT2D eigenvalue weighted by atomic mass is 9.94. The van der Waals surface area contributed by atoms with Crippen molar-refractivity contribution in [2.24, 2.45) is 5.92 Å². The molecule has 1 aromatic carbocycles. The van der Waals surface area contributed by atoms with E-state index < -0.39 is 0 Å². The van der Waals surface area contributed by atoms with Crippen molar-refractivity contribution >= 4 is 0 Å². The minimum atomic E-state index is 0.140. The van der Waals surface area contributed by atoms with Gasteiger partial charge in [-0.25, -0.2) is 0 Å². The number of hydrogen-bond acceptors (Lipinski definition) is 4. The molecule has 1 saturated heterocycles. The second-order valence-electron chi connectivity index (χ2n) is 5.52. The Kier molecular flexibility index (Phi) is 5.26. The first kappa shape index (κ1) is 15.1. The summed E-state index contributed by atoms with van der Waals surface area (Å²) in [5.41, 5.74) is 1.16. The molecule has 0 radical (unpaired) electrons. The Hall–Kier alpha value is -1.26. The molecule has 20 heavy (non-hydrogen) atoms. The molecular formula is C16H25NO3. The molecule has 0 aliphatic carbocycles. The second kappa shape index (κ2) is 6.95. The minimum absolute atomic E-state index is 0.140. The SMILES string of the molecule is COc1ccc(C2OCCC2CNC(C)C)cc1OC. The lowest BCUT2D eigenvalue weighted by Gasteiger charge is -2.21. The van der Waals surface area contributed by atoms with Gasteiger partial charge in [-0.3, -0.25) is 0 Å². The van der Waals surface area contributed by atoms with Crippen LogP contribution < -0.4 is 14.8 Å². The van der Waals surface area contributed by atoms with Gasteiger partial charge in [-0.05, 0) is 24.1 Å². The van der Waals surface area contributed by atoms with E-state index in [1.807, 2.05) is 12.1 Å². The summed E-state index contributed by atoms with van der Waals surface area (Å²) in [6.07, 6.45) is 1.24. The Morgan fingerprint density at radius 1 is 1.25 bits per heavy atom. The molecule has 112 valence electrons. The number of nitrogens with one attached hydrogen (secondary N) is 1. The molecular weight excluding hydrogens is 254 g/mol. The van der Waals surface area contributed by atoms with E-state index in [1.54, 1.807) is 14.2 Å². The molecule has 0 bridgehead atoms. The smallest absolute Gasteiger partial charge is 0.161 e. The molecule has 0 spiro atoms. The molecule has 0 amide bonds. The largest absolute Gasteiger partial charge is 0.493 e. The summed E-state index contributed by atoms with van der Waals surface area (Å²) in [6.45, 7) is 6.14. The average Bonchev–Trinajstić information content (AvgIpc) is 2.92. The molecule has 1 aliphatic heterocycles. The Morgan fingerprint density at radius 3 is 2.65 bits per heavy atom. The first-order valence-electron chi connectivity index (χ1n) is 7.22. The monoisotopic (exact) mass is 279 g/mol. The molecule has 1 aromatic rings. The Labute approximate surface area is 121 Å². The van der Waals surface area contributed by atoms with Crippen molar-refractivity contribution in [3.63, 3.8) is 0 Å². The molecule has 4 heteroatoms. The summed E-state index contributed by atoms with van der Waals surface area (Å²) in [7, 11) is 3.31. The number of hydrogen-bond donors (Lipinski definition) is 1. The van der Waals surface area contributed by atoms with Gasteiger partial charge in [0.15, 0.2) is 11.5 Å². The van der Waals surface area contributed by atoms with E-state index in [2.05, 4.69) is 25.2 Å². The topological polar surface area (TPSA) is 39.7 Å². The summed E-state index contributed by atoms with van der Waals surface area (Å²) >= 11 is 0. The molecule has 2 unspecified atom stereocenters. The summed E-state index contributed by atoms with van der Waals surface area (Å²) in [6, 6.07) is 6.54. The van der Waals surface area contributed by atoms with E-state index in [9.17, 15) is 0 Å². The minimum Gasteiger partial charge on any atom is -0.493 e. The van der Waals surface area contributed by atoms with Crippen molar-refractivity contribution in [3.05, 3.63) is 23.8 Å². The molecule has 0 saturated carbocycles. The van der Waals surface area contributed by atoms with Gasteiger partial charge in [0.1, 0.15) is 0 Å². The van der Waals surface area contributed by atoms with Crippen molar-refractivity contribution in [2.75, 3.05) is 27.4 Å². The fraction of sp³-hybridized carbons (Fsp3) is 0.625. The molecule has 1 N–H and O–H groups in total. The number of ether oxygens (including phenoxy) is 3. The van der Waals surface area contributed by atoms with Crippen LogP contribution in [0.1, 0.15) is 31.9 Å². The van der Waals surface area contributed by atoms with Gasteiger partial charge >= 0.3 is 0 Å². The molecule has 1 aliphatic rings. The molecule has 2 atom stereocenters. The summed E-state index contributed by atoms with van der Waals surface area (Å²) in [5, 5.41) is 3.50. The third kappa shape index (κ3) is 3.44. The average molecular weight is 279 g/mol. The van der Waals surface area contributed by atoms with Gasteiger partial charge in [-0.15, -0.1) is 0 Å². The van der Waals surface area contributed by atoms with E-state index in [0.717, 1.165) is 36.6 Å². The second-order valence-corrected chi connectivity index (χ2v) is 5.52. The quantitative estimate of drug-likeness (QED) is 0.869. The third-order valence-electron chi connectivity index (χ3n) is 3.74. The van der Waals surface area contributed by atoms with Gasteiger partial charge in [0.25, 0.3) is 0 Å². The van der Waals surface area contributed by atoms with E-state index >= 15 is 0 Å².